The average molecular weight is 332 g/mol. The van der Waals surface area contributed by atoms with E-state index < -0.39 is 11.6 Å². The van der Waals surface area contributed by atoms with E-state index in [1.54, 1.807) is 0 Å². The first-order chi connectivity index (χ1) is 11.4. The first-order valence-electron chi connectivity index (χ1n) is 7.26. The monoisotopic (exact) mass is 332 g/mol. The average Bonchev–Trinajstić information content (AvgIpc) is 2.91. The first kappa shape index (κ1) is 15.9. The first-order valence-corrected chi connectivity index (χ1v) is 7.26. The van der Waals surface area contributed by atoms with Crippen molar-refractivity contribution >= 4 is 17.4 Å². The summed E-state index contributed by atoms with van der Waals surface area (Å²) in [5.41, 5.74) is 0.661. The number of aromatic nitrogens is 3. The fourth-order valence-corrected chi connectivity index (χ4v) is 2.43. The number of aryl methyl sites for hydroxylation is 2. The number of amides is 1. The van der Waals surface area contributed by atoms with E-state index in [1.165, 1.54) is 35.7 Å². The van der Waals surface area contributed by atoms with Crippen molar-refractivity contribution < 1.29 is 13.6 Å². The van der Waals surface area contributed by atoms with Crippen LogP contribution < -0.4 is 10.9 Å². The third-order valence-corrected chi connectivity index (χ3v) is 3.50. The predicted octanol–water partition coefficient (Wildman–Crippen LogP) is 2.04. The zero-order valence-electron chi connectivity index (χ0n) is 12.8. The van der Waals surface area contributed by atoms with Crippen LogP contribution in [0.5, 0.6) is 0 Å². The largest absolute Gasteiger partial charge is 0.311 e. The number of rotatable bonds is 4. The van der Waals surface area contributed by atoms with Crippen molar-refractivity contribution in [3.05, 3.63) is 63.6 Å². The molecule has 6 nitrogen and oxygen atoms in total. The second kappa shape index (κ2) is 6.23. The van der Waals surface area contributed by atoms with Crippen molar-refractivity contribution in [2.75, 3.05) is 5.32 Å². The van der Waals surface area contributed by atoms with E-state index in [2.05, 4.69) is 15.4 Å². The van der Waals surface area contributed by atoms with E-state index in [9.17, 15) is 18.4 Å². The van der Waals surface area contributed by atoms with Gasteiger partial charge in [-0.2, -0.15) is 4.52 Å². The van der Waals surface area contributed by atoms with Crippen LogP contribution in [0.15, 0.2) is 35.1 Å². The van der Waals surface area contributed by atoms with Crippen molar-refractivity contribution in [2.45, 2.75) is 19.8 Å². The van der Waals surface area contributed by atoms with Gasteiger partial charge in [-0.15, -0.1) is 0 Å². The van der Waals surface area contributed by atoms with Gasteiger partial charge >= 0.3 is 0 Å². The molecule has 1 aromatic carbocycles. The number of fused-ring (bicyclic) bond motifs is 1. The Morgan fingerprint density at radius 3 is 2.83 bits per heavy atom. The van der Waals surface area contributed by atoms with Gasteiger partial charge in [0.15, 0.2) is 17.3 Å². The van der Waals surface area contributed by atoms with Crippen molar-refractivity contribution in [1.29, 1.82) is 0 Å². The molecule has 0 fully saturated rings. The number of nitrogens with one attached hydrogen (secondary N) is 2. The van der Waals surface area contributed by atoms with Crippen LogP contribution in [0.2, 0.25) is 0 Å². The molecule has 8 heteroatoms. The number of carbonyl (C=O) groups excluding carboxylic acids is 1. The van der Waals surface area contributed by atoms with Crippen molar-refractivity contribution in [3.8, 4) is 0 Å². The summed E-state index contributed by atoms with van der Waals surface area (Å²) >= 11 is 0. The van der Waals surface area contributed by atoms with Gasteiger partial charge in [0.05, 0.1) is 0 Å². The molecule has 0 atom stereocenters. The highest BCUT2D eigenvalue weighted by Gasteiger charge is 2.10. The molecule has 24 heavy (non-hydrogen) atoms. The Morgan fingerprint density at radius 2 is 2.08 bits per heavy atom. The van der Waals surface area contributed by atoms with Crippen LogP contribution in [-0.2, 0) is 17.6 Å². The summed E-state index contributed by atoms with van der Waals surface area (Å²) in [4.78, 5) is 27.4. The summed E-state index contributed by atoms with van der Waals surface area (Å²) in [6.45, 7) is 1.35. The molecular weight excluding hydrogens is 318 g/mol. The Labute approximate surface area is 135 Å². The highest BCUT2D eigenvalue weighted by Crippen LogP contribution is 2.14. The molecule has 2 aromatic heterocycles. The minimum Gasteiger partial charge on any atom is -0.311 e. The number of carbonyl (C=O) groups is 1. The Bertz CT molecular complexity index is 978. The Hall–Kier alpha value is -3.03. The molecule has 3 aromatic rings. The lowest BCUT2D eigenvalue weighted by Gasteiger charge is -2.04. The topological polar surface area (TPSA) is 79.3 Å². The predicted molar refractivity (Wildman–Crippen MR) is 83.9 cm³/mol. The van der Waals surface area contributed by atoms with Gasteiger partial charge in [-0.1, -0.05) is 12.1 Å². The number of halogens is 2. The summed E-state index contributed by atoms with van der Waals surface area (Å²) in [6, 6.07) is 6.83. The molecule has 3 rings (SSSR count). The minimum absolute atomic E-state index is 0.217. The van der Waals surface area contributed by atoms with E-state index in [4.69, 9.17) is 0 Å². The molecule has 0 aliphatic heterocycles. The molecule has 0 aliphatic rings. The van der Waals surface area contributed by atoms with Crippen LogP contribution in [0.4, 0.5) is 14.6 Å². The van der Waals surface area contributed by atoms with Gasteiger partial charge in [0.1, 0.15) is 5.82 Å². The minimum atomic E-state index is -0.901. The summed E-state index contributed by atoms with van der Waals surface area (Å²) in [5.74, 6) is -1.72. The number of H-pyrrole nitrogens is 1. The zero-order valence-corrected chi connectivity index (χ0v) is 12.8. The van der Waals surface area contributed by atoms with Crippen molar-refractivity contribution in [1.82, 2.24) is 14.6 Å². The molecule has 1 amide bonds. The van der Waals surface area contributed by atoms with Gasteiger partial charge in [0.25, 0.3) is 5.56 Å². The molecule has 124 valence electrons. The molecule has 0 bridgehead atoms. The van der Waals surface area contributed by atoms with Crippen LogP contribution in [0.1, 0.15) is 18.2 Å². The molecule has 0 aliphatic carbocycles. The maximum Gasteiger partial charge on any atom is 0.272 e. The van der Waals surface area contributed by atoms with E-state index in [-0.39, 0.29) is 29.9 Å². The van der Waals surface area contributed by atoms with Crippen LogP contribution in [-0.4, -0.2) is 20.5 Å². The number of anilines is 1. The van der Waals surface area contributed by atoms with Gasteiger partial charge in [-0.25, -0.2) is 13.8 Å². The Kier molecular flexibility index (Phi) is 4.11. The molecule has 0 saturated heterocycles. The normalized spacial score (nSPS) is 11.0. The van der Waals surface area contributed by atoms with E-state index in [0.717, 1.165) is 6.07 Å². The maximum atomic E-state index is 13.7. The lowest BCUT2D eigenvalue weighted by molar-refractivity contribution is -0.114. The standard InChI is InChI=1S/C16H14F2N4O2/c1-9(23)19-13-8-14-20-11(7-15(24)22(14)21-13)6-5-10-3-2-4-12(17)16(10)18/h2-4,7-8,21H,5-6H2,1H3,(H,19,23). The second-order valence-electron chi connectivity index (χ2n) is 5.34. The summed E-state index contributed by atoms with van der Waals surface area (Å²) in [6.07, 6.45) is 0.502. The molecular formula is C16H14F2N4O2. The highest BCUT2D eigenvalue weighted by atomic mass is 19.2. The quantitative estimate of drug-likeness (QED) is 0.767. The summed E-state index contributed by atoms with van der Waals surface area (Å²) in [7, 11) is 0. The lowest BCUT2D eigenvalue weighted by atomic mass is 10.1. The Morgan fingerprint density at radius 1 is 1.29 bits per heavy atom. The van der Waals surface area contributed by atoms with Gasteiger partial charge < -0.3 is 5.32 Å². The molecule has 0 spiro atoms. The fourth-order valence-electron chi connectivity index (χ4n) is 2.43. The van der Waals surface area contributed by atoms with Crippen molar-refractivity contribution in [2.24, 2.45) is 0 Å². The second-order valence-corrected chi connectivity index (χ2v) is 5.34. The number of hydrogen-bond acceptors (Lipinski definition) is 3. The van der Waals surface area contributed by atoms with Crippen LogP contribution in [0.3, 0.4) is 0 Å². The number of benzene rings is 1. The summed E-state index contributed by atoms with van der Waals surface area (Å²) in [5, 5.41) is 5.24. The van der Waals surface area contributed by atoms with E-state index >= 15 is 0 Å². The van der Waals surface area contributed by atoms with Crippen LogP contribution in [0.25, 0.3) is 5.65 Å². The van der Waals surface area contributed by atoms with Crippen LogP contribution in [0, 0.1) is 11.6 Å². The van der Waals surface area contributed by atoms with Gasteiger partial charge in [-0.3, -0.25) is 14.7 Å². The third kappa shape index (κ3) is 3.17. The molecule has 0 saturated carbocycles. The van der Waals surface area contributed by atoms with Crippen molar-refractivity contribution in [3.63, 3.8) is 0 Å². The Balaban J connectivity index is 1.86. The molecule has 0 unspecified atom stereocenters. The van der Waals surface area contributed by atoms with Gasteiger partial charge in [-0.05, 0) is 24.5 Å². The number of hydrogen-bond donors (Lipinski definition) is 2. The molecule has 2 N–H and O–H groups in total. The molecule has 0 radical (unpaired) electrons. The van der Waals surface area contributed by atoms with E-state index in [0.29, 0.717) is 17.2 Å². The third-order valence-electron chi connectivity index (χ3n) is 3.50. The number of aromatic amines is 1. The number of nitrogens with zero attached hydrogens (tertiary/aromatic N) is 2. The van der Waals surface area contributed by atoms with Gasteiger partial charge in [0, 0.05) is 24.8 Å². The SMILES string of the molecule is CC(=O)Nc1cc2nc(CCc3cccc(F)c3F)cc(=O)n2[nH]1. The zero-order chi connectivity index (χ0) is 17.3. The van der Waals surface area contributed by atoms with Gasteiger partial charge in [0.2, 0.25) is 5.91 Å². The van der Waals surface area contributed by atoms with E-state index in [1.807, 2.05) is 0 Å². The highest BCUT2D eigenvalue weighted by molar-refractivity contribution is 5.88. The smallest absolute Gasteiger partial charge is 0.272 e. The lowest BCUT2D eigenvalue weighted by Crippen LogP contribution is -2.16. The van der Waals surface area contributed by atoms with Crippen LogP contribution >= 0.6 is 0 Å². The molecule has 2 heterocycles. The maximum absolute atomic E-state index is 13.7. The summed E-state index contributed by atoms with van der Waals surface area (Å²) < 4.78 is 28.0. The fraction of sp³-hybridized carbons (Fsp3) is 0.188.